The Kier molecular flexibility index (Phi) is 3.55. The van der Waals surface area contributed by atoms with Crippen LogP contribution in [0, 0.1) is 5.41 Å². The molecule has 86 valence electrons. The van der Waals surface area contributed by atoms with E-state index in [2.05, 4.69) is 19.2 Å². The molecule has 0 aromatic rings. The number of hydrogen-bond acceptors (Lipinski definition) is 2. The highest BCUT2D eigenvalue weighted by Crippen LogP contribution is 2.28. The number of likely N-dealkylation sites (tertiary alicyclic amines) is 1. The Morgan fingerprint density at radius 2 is 2.13 bits per heavy atom. The van der Waals surface area contributed by atoms with E-state index in [0.717, 1.165) is 19.4 Å². The SMILES string of the molecule is CC1(C)CCCN(C(=O)NCC(=O)O)C1. The van der Waals surface area contributed by atoms with Crippen LogP contribution in [0.4, 0.5) is 4.79 Å². The first-order chi connectivity index (χ1) is 6.91. The van der Waals surface area contributed by atoms with Crippen molar-refractivity contribution in [3.8, 4) is 0 Å². The van der Waals surface area contributed by atoms with Gasteiger partial charge in [0.15, 0.2) is 0 Å². The van der Waals surface area contributed by atoms with Crippen molar-refractivity contribution in [1.29, 1.82) is 0 Å². The Bertz CT molecular complexity index is 263. The molecule has 1 rings (SSSR count). The van der Waals surface area contributed by atoms with Crippen LogP contribution in [-0.4, -0.2) is 41.6 Å². The van der Waals surface area contributed by atoms with Gasteiger partial charge in [-0.2, -0.15) is 0 Å². The van der Waals surface area contributed by atoms with E-state index in [0.29, 0.717) is 6.54 Å². The summed E-state index contributed by atoms with van der Waals surface area (Å²) in [4.78, 5) is 23.5. The standard InChI is InChI=1S/C10H18N2O3/c1-10(2)4-3-5-12(7-10)9(15)11-6-8(13)14/h3-7H2,1-2H3,(H,11,15)(H,13,14). The van der Waals surface area contributed by atoms with Crippen LogP contribution in [0.1, 0.15) is 26.7 Å². The number of nitrogens with zero attached hydrogens (tertiary/aromatic N) is 1. The number of nitrogens with one attached hydrogen (secondary N) is 1. The van der Waals surface area contributed by atoms with E-state index in [1.54, 1.807) is 4.90 Å². The number of carboxylic acid groups (broad SMARTS) is 1. The number of carbonyl (C=O) groups excluding carboxylic acids is 1. The van der Waals surface area contributed by atoms with Gasteiger partial charge in [-0.3, -0.25) is 4.79 Å². The largest absolute Gasteiger partial charge is 0.480 e. The van der Waals surface area contributed by atoms with Crippen LogP contribution in [0.25, 0.3) is 0 Å². The number of piperidine rings is 1. The molecule has 1 fully saturated rings. The van der Waals surface area contributed by atoms with Crippen molar-refractivity contribution < 1.29 is 14.7 Å². The first kappa shape index (κ1) is 11.8. The minimum absolute atomic E-state index is 0.138. The summed E-state index contributed by atoms with van der Waals surface area (Å²) in [5, 5.41) is 10.8. The number of hydrogen-bond donors (Lipinski definition) is 2. The maximum Gasteiger partial charge on any atom is 0.323 e. The number of urea groups is 1. The summed E-state index contributed by atoms with van der Waals surface area (Å²) >= 11 is 0. The predicted octanol–water partition coefficient (Wildman–Crippen LogP) is 0.903. The van der Waals surface area contributed by atoms with Crippen LogP contribution in [0.3, 0.4) is 0 Å². The van der Waals surface area contributed by atoms with E-state index in [1.807, 2.05) is 0 Å². The zero-order valence-corrected chi connectivity index (χ0v) is 9.25. The van der Waals surface area contributed by atoms with Crippen LogP contribution in [-0.2, 0) is 4.79 Å². The molecular formula is C10H18N2O3. The van der Waals surface area contributed by atoms with Crippen LogP contribution in [0.15, 0.2) is 0 Å². The topological polar surface area (TPSA) is 69.6 Å². The molecule has 0 saturated carbocycles. The molecule has 0 aromatic heterocycles. The molecule has 0 aromatic carbocycles. The molecule has 0 spiro atoms. The summed E-state index contributed by atoms with van der Waals surface area (Å²) in [6.45, 7) is 5.33. The van der Waals surface area contributed by atoms with Gasteiger partial charge in [0.2, 0.25) is 0 Å². The number of carboxylic acids is 1. The van der Waals surface area contributed by atoms with Crippen LogP contribution in [0.5, 0.6) is 0 Å². The molecule has 1 aliphatic heterocycles. The third kappa shape index (κ3) is 3.77. The predicted molar refractivity (Wildman–Crippen MR) is 55.6 cm³/mol. The average molecular weight is 214 g/mol. The molecule has 0 bridgehead atoms. The van der Waals surface area contributed by atoms with Gasteiger partial charge in [0.1, 0.15) is 6.54 Å². The Balaban J connectivity index is 2.42. The first-order valence-electron chi connectivity index (χ1n) is 5.15. The second-order valence-electron chi connectivity index (χ2n) is 4.74. The monoisotopic (exact) mass is 214 g/mol. The summed E-state index contributed by atoms with van der Waals surface area (Å²) in [5.74, 6) is -1.01. The maximum atomic E-state index is 11.5. The molecule has 2 amide bonds. The van der Waals surface area contributed by atoms with Gasteiger partial charge in [-0.25, -0.2) is 4.79 Å². The van der Waals surface area contributed by atoms with Gasteiger partial charge in [0, 0.05) is 13.1 Å². The Morgan fingerprint density at radius 3 is 2.67 bits per heavy atom. The average Bonchev–Trinajstić information content (AvgIpc) is 2.12. The fraction of sp³-hybridized carbons (Fsp3) is 0.800. The fourth-order valence-corrected chi connectivity index (χ4v) is 1.86. The van der Waals surface area contributed by atoms with Crippen molar-refractivity contribution in [3.63, 3.8) is 0 Å². The van der Waals surface area contributed by atoms with Gasteiger partial charge in [0.05, 0.1) is 0 Å². The third-order valence-corrected chi connectivity index (χ3v) is 2.58. The van der Waals surface area contributed by atoms with E-state index in [-0.39, 0.29) is 18.0 Å². The molecule has 1 aliphatic rings. The summed E-state index contributed by atoms with van der Waals surface area (Å²) < 4.78 is 0. The zero-order chi connectivity index (χ0) is 11.5. The minimum atomic E-state index is -1.01. The van der Waals surface area contributed by atoms with Crippen molar-refractivity contribution in [1.82, 2.24) is 10.2 Å². The Hall–Kier alpha value is -1.26. The molecule has 0 radical (unpaired) electrons. The quantitative estimate of drug-likeness (QED) is 0.717. The Morgan fingerprint density at radius 1 is 1.47 bits per heavy atom. The number of amides is 2. The molecule has 0 aliphatic carbocycles. The van der Waals surface area contributed by atoms with Crippen molar-refractivity contribution in [3.05, 3.63) is 0 Å². The van der Waals surface area contributed by atoms with Crippen LogP contribution < -0.4 is 5.32 Å². The van der Waals surface area contributed by atoms with Gasteiger partial charge in [-0.05, 0) is 18.3 Å². The number of carbonyl (C=O) groups is 2. The molecule has 15 heavy (non-hydrogen) atoms. The molecule has 5 nitrogen and oxygen atoms in total. The lowest BCUT2D eigenvalue weighted by atomic mass is 9.84. The summed E-state index contributed by atoms with van der Waals surface area (Å²) in [7, 11) is 0. The number of rotatable bonds is 2. The van der Waals surface area contributed by atoms with Gasteiger partial charge < -0.3 is 15.3 Å². The van der Waals surface area contributed by atoms with Crippen molar-refractivity contribution in [2.75, 3.05) is 19.6 Å². The van der Waals surface area contributed by atoms with E-state index < -0.39 is 5.97 Å². The minimum Gasteiger partial charge on any atom is -0.480 e. The molecular weight excluding hydrogens is 196 g/mol. The lowest BCUT2D eigenvalue weighted by molar-refractivity contribution is -0.135. The van der Waals surface area contributed by atoms with E-state index in [1.165, 1.54) is 0 Å². The number of aliphatic carboxylic acids is 1. The zero-order valence-electron chi connectivity index (χ0n) is 9.25. The molecule has 0 unspecified atom stereocenters. The second kappa shape index (κ2) is 4.51. The molecule has 2 N–H and O–H groups in total. The molecule has 0 atom stereocenters. The van der Waals surface area contributed by atoms with Gasteiger partial charge >= 0.3 is 12.0 Å². The van der Waals surface area contributed by atoms with E-state index in [9.17, 15) is 9.59 Å². The molecule has 1 heterocycles. The van der Waals surface area contributed by atoms with E-state index >= 15 is 0 Å². The lowest BCUT2D eigenvalue weighted by Gasteiger charge is -2.37. The van der Waals surface area contributed by atoms with Crippen molar-refractivity contribution >= 4 is 12.0 Å². The first-order valence-corrected chi connectivity index (χ1v) is 5.15. The third-order valence-electron chi connectivity index (χ3n) is 2.58. The van der Waals surface area contributed by atoms with Crippen molar-refractivity contribution in [2.45, 2.75) is 26.7 Å². The highest BCUT2D eigenvalue weighted by molar-refractivity contribution is 5.80. The van der Waals surface area contributed by atoms with Gasteiger partial charge in [-0.1, -0.05) is 13.8 Å². The molecule has 1 saturated heterocycles. The smallest absolute Gasteiger partial charge is 0.323 e. The van der Waals surface area contributed by atoms with Crippen molar-refractivity contribution in [2.24, 2.45) is 5.41 Å². The highest BCUT2D eigenvalue weighted by Gasteiger charge is 2.28. The summed E-state index contributed by atoms with van der Waals surface area (Å²) in [6.07, 6.45) is 2.09. The van der Waals surface area contributed by atoms with Crippen LogP contribution in [0.2, 0.25) is 0 Å². The maximum absolute atomic E-state index is 11.5. The van der Waals surface area contributed by atoms with Gasteiger partial charge in [0.25, 0.3) is 0 Å². The lowest BCUT2D eigenvalue weighted by Crippen LogP contribution is -2.49. The van der Waals surface area contributed by atoms with E-state index in [4.69, 9.17) is 5.11 Å². The summed E-state index contributed by atoms with van der Waals surface area (Å²) in [6, 6.07) is -0.273. The highest BCUT2D eigenvalue weighted by atomic mass is 16.4. The Labute approximate surface area is 89.4 Å². The fourth-order valence-electron chi connectivity index (χ4n) is 1.86. The second-order valence-corrected chi connectivity index (χ2v) is 4.74. The van der Waals surface area contributed by atoms with Gasteiger partial charge in [-0.15, -0.1) is 0 Å². The normalized spacial score (nSPS) is 19.7. The van der Waals surface area contributed by atoms with Crippen LogP contribution >= 0.6 is 0 Å². The summed E-state index contributed by atoms with van der Waals surface area (Å²) in [5.41, 5.74) is 0.138. The molecule has 5 heteroatoms.